The zero-order valence-electron chi connectivity index (χ0n) is 21.5. The highest BCUT2D eigenvalue weighted by Crippen LogP contribution is 2.37. The molecule has 2 heterocycles. The number of hydrogen-bond donors (Lipinski definition) is 1. The average Bonchev–Trinajstić information content (AvgIpc) is 3.65. The van der Waals surface area contributed by atoms with Crippen LogP contribution >= 0.6 is 0 Å². The van der Waals surface area contributed by atoms with Crippen LogP contribution in [-0.2, 0) is 31.0 Å². The molecule has 1 aliphatic carbocycles. The van der Waals surface area contributed by atoms with Crippen LogP contribution < -0.4 is 10.5 Å². The van der Waals surface area contributed by atoms with Gasteiger partial charge in [-0.3, -0.25) is 4.99 Å². The molecule has 2 aromatic heterocycles. The second-order valence-electron chi connectivity index (χ2n) is 8.99. The van der Waals surface area contributed by atoms with Gasteiger partial charge in [-0.15, -0.1) is 0 Å². The Kier molecular flexibility index (Phi) is 8.17. The van der Waals surface area contributed by atoms with Crippen LogP contribution in [0.15, 0.2) is 47.5 Å². The van der Waals surface area contributed by atoms with E-state index in [0.717, 1.165) is 19.0 Å². The van der Waals surface area contributed by atoms with Gasteiger partial charge in [0.2, 0.25) is 12.3 Å². The van der Waals surface area contributed by atoms with Gasteiger partial charge in [-0.25, -0.2) is 18.7 Å². The molecular formula is C26H27F5N6O2. The number of ether oxygens (including phenoxy) is 2. The monoisotopic (exact) mass is 550 g/mol. The molecule has 0 unspecified atom stereocenters. The average molecular weight is 551 g/mol. The first-order chi connectivity index (χ1) is 18.5. The van der Waals surface area contributed by atoms with Crippen LogP contribution in [0.2, 0.25) is 0 Å². The molecule has 3 aromatic rings. The van der Waals surface area contributed by atoms with Crippen LogP contribution in [0.25, 0.3) is 17.0 Å². The molecule has 13 heteroatoms. The molecule has 8 nitrogen and oxygen atoms in total. The number of halogens is 5. The predicted octanol–water partition coefficient (Wildman–Crippen LogP) is 5.04. The van der Waals surface area contributed by atoms with Gasteiger partial charge < -0.3 is 19.8 Å². The molecule has 1 fully saturated rings. The highest BCUT2D eigenvalue weighted by Gasteiger charge is 2.35. The zero-order chi connectivity index (χ0) is 28.3. The van der Waals surface area contributed by atoms with Gasteiger partial charge >= 0.3 is 6.18 Å². The Balaban J connectivity index is 1.59. The summed E-state index contributed by atoms with van der Waals surface area (Å²) in [5, 5.41) is 0. The fraction of sp³-hybridized carbons (Fsp3) is 0.385. The van der Waals surface area contributed by atoms with Crippen molar-refractivity contribution in [2.75, 3.05) is 14.2 Å². The van der Waals surface area contributed by atoms with Gasteiger partial charge in [0.1, 0.15) is 18.0 Å². The van der Waals surface area contributed by atoms with Crippen LogP contribution in [0.3, 0.4) is 0 Å². The summed E-state index contributed by atoms with van der Waals surface area (Å²) in [4.78, 5) is 16.7. The molecule has 0 aliphatic heterocycles. The summed E-state index contributed by atoms with van der Waals surface area (Å²) >= 11 is 0. The third kappa shape index (κ3) is 6.52. The largest absolute Gasteiger partial charge is 0.482 e. The van der Waals surface area contributed by atoms with Crippen molar-refractivity contribution in [1.29, 1.82) is 0 Å². The first-order valence-corrected chi connectivity index (χ1v) is 12.0. The fourth-order valence-corrected chi connectivity index (χ4v) is 4.02. The Morgan fingerprint density at radius 2 is 1.87 bits per heavy atom. The van der Waals surface area contributed by atoms with Gasteiger partial charge in [-0.2, -0.15) is 18.2 Å². The number of allylic oxidation sites excluding steroid dienone is 1. The number of alkyl halides is 5. The summed E-state index contributed by atoms with van der Waals surface area (Å²) in [7, 11) is 4.50. The molecule has 1 aliphatic rings. The van der Waals surface area contributed by atoms with Gasteiger partial charge in [0.05, 0.1) is 12.8 Å². The topological polar surface area (TPSA) is 100 Å². The number of aryl methyl sites for hydroxylation is 1. The van der Waals surface area contributed by atoms with E-state index in [0.29, 0.717) is 22.4 Å². The third-order valence-electron chi connectivity index (χ3n) is 6.10. The number of nitrogens with two attached hydrogens (primary N) is 1. The van der Waals surface area contributed by atoms with Crippen molar-refractivity contribution in [3.05, 3.63) is 65.2 Å². The van der Waals surface area contributed by atoms with E-state index in [9.17, 15) is 22.0 Å². The SMILES string of the molecule is CN=C(C(=C(N)OC)c1ncc(CC(F)F)c(OCc2ccc(-c3nc(C(F)(F)F)cn3C)cc2)n1)C1CC1. The van der Waals surface area contributed by atoms with E-state index in [-0.39, 0.29) is 41.5 Å². The maximum atomic E-state index is 13.3. The number of aromatic nitrogens is 4. The number of nitrogens with zero attached hydrogens (tertiary/aromatic N) is 5. The molecule has 0 bridgehead atoms. The number of hydrogen-bond acceptors (Lipinski definition) is 7. The molecule has 0 spiro atoms. The Morgan fingerprint density at radius 1 is 1.18 bits per heavy atom. The van der Waals surface area contributed by atoms with Gasteiger partial charge in [0.15, 0.2) is 17.4 Å². The quantitative estimate of drug-likeness (QED) is 0.216. The van der Waals surface area contributed by atoms with E-state index in [1.165, 1.54) is 24.9 Å². The molecule has 0 radical (unpaired) electrons. The summed E-state index contributed by atoms with van der Waals surface area (Å²) in [6.07, 6.45) is -3.79. The standard InChI is InChI=1S/C26H27F5N6O2/c1-33-21(15-8-9-15)20(22(32)38-3)23-34-11-17(10-19(27)28)25(36-23)39-13-14-4-6-16(7-5-14)24-35-18(12-37(24)2)26(29,30)31/h4-7,11-12,15,19H,8-10,13,32H2,1-3H3. The molecule has 1 saturated carbocycles. The molecule has 2 N–H and O–H groups in total. The summed E-state index contributed by atoms with van der Waals surface area (Å²) < 4.78 is 77.9. The smallest absolute Gasteiger partial charge is 0.434 e. The first kappa shape index (κ1) is 28.0. The van der Waals surface area contributed by atoms with E-state index < -0.39 is 24.7 Å². The van der Waals surface area contributed by atoms with Gasteiger partial charge in [0.25, 0.3) is 0 Å². The van der Waals surface area contributed by atoms with Crippen LogP contribution in [0.4, 0.5) is 22.0 Å². The van der Waals surface area contributed by atoms with Gasteiger partial charge in [-0.05, 0) is 18.4 Å². The number of aliphatic imine (C=N–C) groups is 1. The Bertz CT molecular complexity index is 1380. The zero-order valence-corrected chi connectivity index (χ0v) is 21.5. The van der Waals surface area contributed by atoms with Crippen LogP contribution in [0.1, 0.15) is 35.5 Å². The van der Waals surface area contributed by atoms with E-state index >= 15 is 0 Å². The van der Waals surface area contributed by atoms with Gasteiger partial charge in [-0.1, -0.05) is 24.3 Å². The lowest BCUT2D eigenvalue weighted by atomic mass is 10.1. The maximum Gasteiger partial charge on any atom is 0.434 e. The Morgan fingerprint density at radius 3 is 2.41 bits per heavy atom. The number of benzene rings is 1. The Hall–Kier alpha value is -4.03. The minimum absolute atomic E-state index is 0.0442. The summed E-state index contributed by atoms with van der Waals surface area (Å²) in [5.74, 6) is 0.468. The highest BCUT2D eigenvalue weighted by molar-refractivity contribution is 6.25. The van der Waals surface area contributed by atoms with Crippen molar-refractivity contribution in [3.63, 3.8) is 0 Å². The molecule has 1 aromatic carbocycles. The van der Waals surface area contributed by atoms with Crippen molar-refractivity contribution < 1.29 is 31.4 Å². The molecule has 0 saturated heterocycles. The van der Waals surface area contributed by atoms with Crippen LogP contribution in [-0.4, -0.2) is 45.8 Å². The lowest BCUT2D eigenvalue weighted by molar-refractivity contribution is -0.140. The molecule has 0 atom stereocenters. The number of imidazole rings is 1. The fourth-order valence-electron chi connectivity index (χ4n) is 4.02. The summed E-state index contributed by atoms with van der Waals surface area (Å²) in [6.45, 7) is -0.0442. The van der Waals surface area contributed by atoms with E-state index in [1.807, 2.05) is 0 Å². The number of methoxy groups -OCH3 is 1. The second-order valence-corrected chi connectivity index (χ2v) is 8.99. The van der Waals surface area contributed by atoms with Gasteiger partial charge in [0, 0.05) is 50.0 Å². The summed E-state index contributed by atoms with van der Waals surface area (Å²) in [6, 6.07) is 6.50. The van der Waals surface area contributed by atoms with Crippen molar-refractivity contribution in [3.8, 4) is 17.3 Å². The molecule has 208 valence electrons. The van der Waals surface area contributed by atoms with Crippen LogP contribution in [0, 0.1) is 5.92 Å². The molecule has 39 heavy (non-hydrogen) atoms. The molecule has 0 amide bonds. The highest BCUT2D eigenvalue weighted by atomic mass is 19.4. The predicted molar refractivity (Wildman–Crippen MR) is 134 cm³/mol. The Labute approximate surface area is 221 Å². The lowest BCUT2D eigenvalue weighted by Crippen LogP contribution is -2.17. The van der Waals surface area contributed by atoms with Crippen molar-refractivity contribution in [2.24, 2.45) is 23.7 Å². The van der Waals surface area contributed by atoms with E-state index in [4.69, 9.17) is 15.2 Å². The third-order valence-corrected chi connectivity index (χ3v) is 6.10. The minimum Gasteiger partial charge on any atom is -0.482 e. The minimum atomic E-state index is -4.55. The summed E-state index contributed by atoms with van der Waals surface area (Å²) in [5.41, 5.74) is 7.36. The van der Waals surface area contributed by atoms with E-state index in [1.54, 1.807) is 31.3 Å². The van der Waals surface area contributed by atoms with Crippen LogP contribution in [0.5, 0.6) is 5.88 Å². The second kappa shape index (κ2) is 11.4. The van der Waals surface area contributed by atoms with Crippen molar-refractivity contribution in [1.82, 2.24) is 19.5 Å². The van der Waals surface area contributed by atoms with E-state index in [2.05, 4.69) is 19.9 Å². The molecule has 4 rings (SSSR count). The first-order valence-electron chi connectivity index (χ1n) is 12.0. The molecular weight excluding hydrogens is 523 g/mol. The number of rotatable bonds is 10. The van der Waals surface area contributed by atoms with Crippen molar-refractivity contribution in [2.45, 2.75) is 38.5 Å². The normalized spacial score (nSPS) is 14.9. The maximum absolute atomic E-state index is 13.3. The lowest BCUT2D eigenvalue weighted by Gasteiger charge is -2.15. The van der Waals surface area contributed by atoms with Crippen molar-refractivity contribution >= 4 is 11.3 Å².